The van der Waals surface area contributed by atoms with Crippen molar-refractivity contribution < 1.29 is 4.74 Å². The van der Waals surface area contributed by atoms with Crippen molar-refractivity contribution in [2.24, 2.45) is 5.73 Å². The summed E-state index contributed by atoms with van der Waals surface area (Å²) in [6.07, 6.45) is 0. The Kier molecular flexibility index (Phi) is 3.68. The van der Waals surface area contributed by atoms with Crippen molar-refractivity contribution in [1.82, 2.24) is 9.78 Å². The van der Waals surface area contributed by atoms with Gasteiger partial charge in [0.1, 0.15) is 16.3 Å². The number of aromatic amines is 1. The first-order valence-electron chi connectivity index (χ1n) is 7.38. The second-order valence-electron chi connectivity index (χ2n) is 6.14. The number of H-pyrrole nitrogens is 1. The van der Waals surface area contributed by atoms with Gasteiger partial charge < -0.3 is 10.5 Å². The van der Waals surface area contributed by atoms with E-state index >= 15 is 0 Å². The quantitative estimate of drug-likeness (QED) is 0.809. The number of hydrogen-bond acceptors (Lipinski definition) is 4. The van der Waals surface area contributed by atoms with Crippen LogP contribution in [0.15, 0.2) is 45.5 Å². The van der Waals surface area contributed by atoms with E-state index in [1.165, 1.54) is 16.8 Å². The van der Waals surface area contributed by atoms with Gasteiger partial charge in [-0.1, -0.05) is 12.2 Å². The maximum Gasteiger partial charge on any atom is 0.269 e. The number of benzene rings is 1. The van der Waals surface area contributed by atoms with E-state index in [4.69, 9.17) is 22.7 Å². The minimum Gasteiger partial charge on any atom is -0.483 e. The highest BCUT2D eigenvalue weighted by Gasteiger charge is 2.34. The Morgan fingerprint density at radius 3 is 2.62 bits per heavy atom. The summed E-state index contributed by atoms with van der Waals surface area (Å²) in [7, 11) is 0. The highest BCUT2D eigenvalue weighted by atomic mass is 32.1. The van der Waals surface area contributed by atoms with Crippen molar-refractivity contribution in [3.8, 4) is 5.75 Å². The summed E-state index contributed by atoms with van der Waals surface area (Å²) in [6, 6.07) is 7.74. The second-order valence-corrected chi connectivity index (χ2v) is 6.58. The molecule has 124 valence electrons. The smallest absolute Gasteiger partial charge is 0.269 e. The summed E-state index contributed by atoms with van der Waals surface area (Å²) in [5, 5.41) is 2.57. The molecule has 1 aromatic heterocycles. The van der Waals surface area contributed by atoms with Gasteiger partial charge in [-0.3, -0.25) is 14.7 Å². The van der Waals surface area contributed by atoms with Crippen molar-refractivity contribution in [3.05, 3.63) is 67.7 Å². The average Bonchev–Trinajstić information content (AvgIpc) is 2.50. The lowest BCUT2D eigenvalue weighted by molar-refractivity contribution is 0.143. The second kappa shape index (κ2) is 5.45. The van der Waals surface area contributed by atoms with Crippen LogP contribution in [0.2, 0.25) is 0 Å². The molecule has 0 saturated carbocycles. The normalized spacial score (nSPS) is 15.6. The van der Waals surface area contributed by atoms with Crippen molar-refractivity contribution in [2.45, 2.75) is 26.4 Å². The van der Waals surface area contributed by atoms with Gasteiger partial charge in [-0.05, 0) is 44.5 Å². The van der Waals surface area contributed by atoms with Crippen LogP contribution in [0.4, 0.5) is 0 Å². The van der Waals surface area contributed by atoms with E-state index < -0.39 is 5.60 Å². The molecule has 0 unspecified atom stereocenters. The Bertz CT molecular complexity index is 999. The summed E-state index contributed by atoms with van der Waals surface area (Å²) in [6.45, 7) is 5.67. The number of hydrogen-bond donors (Lipinski definition) is 2. The van der Waals surface area contributed by atoms with Crippen LogP contribution < -0.4 is 21.6 Å². The Morgan fingerprint density at radius 1 is 1.25 bits per heavy atom. The fraction of sp³-hybridized carbons (Fsp3) is 0.235. The number of rotatable bonds is 2. The number of ether oxygens (including phenoxy) is 1. The van der Waals surface area contributed by atoms with E-state index in [-0.39, 0.29) is 16.1 Å². The molecular weight excluding hydrogens is 326 g/mol. The van der Waals surface area contributed by atoms with E-state index in [9.17, 15) is 9.59 Å². The van der Waals surface area contributed by atoms with Crippen LogP contribution >= 0.6 is 12.2 Å². The number of thiocarbonyl (C=S) groups is 1. The molecule has 2 aromatic rings. The zero-order valence-corrected chi connectivity index (χ0v) is 14.4. The van der Waals surface area contributed by atoms with E-state index in [1.807, 2.05) is 20.8 Å². The topological polar surface area (TPSA) is 90.1 Å². The summed E-state index contributed by atoms with van der Waals surface area (Å²) < 4.78 is 7.28. The molecule has 3 rings (SSSR count). The fourth-order valence-corrected chi connectivity index (χ4v) is 2.80. The number of fused-ring (bicyclic) bond motifs is 1. The van der Waals surface area contributed by atoms with Gasteiger partial charge in [0, 0.05) is 23.3 Å². The fourth-order valence-electron chi connectivity index (χ4n) is 2.67. The minimum absolute atomic E-state index is 0.244. The van der Waals surface area contributed by atoms with Gasteiger partial charge in [0.2, 0.25) is 0 Å². The van der Waals surface area contributed by atoms with E-state index in [2.05, 4.69) is 5.10 Å². The van der Waals surface area contributed by atoms with Crippen LogP contribution in [-0.2, 0) is 0 Å². The minimum atomic E-state index is -0.640. The summed E-state index contributed by atoms with van der Waals surface area (Å²) in [5.74, 6) is 0.595. The molecule has 2 heterocycles. The molecule has 1 aliphatic heterocycles. The van der Waals surface area contributed by atoms with Gasteiger partial charge in [0.05, 0.1) is 5.70 Å². The Balaban J connectivity index is 2.39. The third-order valence-corrected chi connectivity index (χ3v) is 4.42. The molecule has 0 radical (unpaired) electrons. The molecule has 6 nitrogen and oxygen atoms in total. The number of nitrogens with zero attached hydrogens (tertiary/aromatic N) is 1. The molecule has 7 heteroatoms. The van der Waals surface area contributed by atoms with Gasteiger partial charge >= 0.3 is 0 Å². The zero-order valence-electron chi connectivity index (χ0n) is 13.5. The molecule has 1 aliphatic rings. The number of nitrogens with one attached hydrogen (secondary N) is 1. The lowest BCUT2D eigenvalue weighted by Gasteiger charge is -2.35. The van der Waals surface area contributed by atoms with Gasteiger partial charge in [-0.15, -0.1) is 0 Å². The molecule has 0 spiro atoms. The van der Waals surface area contributed by atoms with Crippen LogP contribution in [0.25, 0.3) is 5.70 Å². The molecule has 0 aliphatic carbocycles. The Morgan fingerprint density at radius 2 is 1.96 bits per heavy atom. The first-order chi connectivity index (χ1) is 11.2. The highest BCUT2D eigenvalue weighted by molar-refractivity contribution is 7.80. The van der Waals surface area contributed by atoms with Crippen molar-refractivity contribution in [2.75, 3.05) is 0 Å². The molecule has 1 aromatic carbocycles. The Labute approximate surface area is 143 Å². The van der Waals surface area contributed by atoms with Gasteiger partial charge in [-0.2, -0.15) is 0 Å². The predicted octanol–water partition coefficient (Wildman–Crippen LogP) is 1.62. The average molecular weight is 343 g/mol. The molecule has 0 saturated heterocycles. The summed E-state index contributed by atoms with van der Waals surface area (Å²) in [5.41, 5.74) is 7.06. The SMILES string of the molecule is CC1=C(n2[nH]c(=O)ccc2=O)c2cc(C(N)=S)ccc2OC1(C)C. The lowest BCUT2D eigenvalue weighted by Crippen LogP contribution is -2.38. The zero-order chi connectivity index (χ0) is 17.6. The number of aromatic nitrogens is 2. The van der Waals surface area contributed by atoms with E-state index in [0.29, 0.717) is 22.6 Å². The van der Waals surface area contributed by atoms with Crippen LogP contribution in [0, 0.1) is 0 Å². The van der Waals surface area contributed by atoms with Crippen molar-refractivity contribution in [1.29, 1.82) is 0 Å². The lowest BCUT2D eigenvalue weighted by atomic mass is 9.90. The molecule has 24 heavy (non-hydrogen) atoms. The van der Waals surface area contributed by atoms with Crippen LogP contribution in [0.5, 0.6) is 5.75 Å². The highest BCUT2D eigenvalue weighted by Crippen LogP contribution is 2.40. The van der Waals surface area contributed by atoms with Gasteiger partial charge in [-0.25, -0.2) is 4.68 Å². The van der Waals surface area contributed by atoms with Crippen molar-refractivity contribution >= 4 is 22.9 Å². The number of nitrogens with two attached hydrogens (primary N) is 1. The predicted molar refractivity (Wildman–Crippen MR) is 96.4 cm³/mol. The maximum atomic E-state index is 12.3. The summed E-state index contributed by atoms with van der Waals surface area (Å²) >= 11 is 5.04. The van der Waals surface area contributed by atoms with Gasteiger partial charge in [0.25, 0.3) is 11.1 Å². The van der Waals surface area contributed by atoms with Crippen LogP contribution in [-0.4, -0.2) is 20.4 Å². The maximum absolute atomic E-state index is 12.3. The third kappa shape index (κ3) is 2.56. The molecule has 0 atom stereocenters. The molecule has 0 bridgehead atoms. The third-order valence-electron chi connectivity index (χ3n) is 4.19. The van der Waals surface area contributed by atoms with Crippen LogP contribution in [0.1, 0.15) is 31.9 Å². The molecule has 0 fully saturated rings. The van der Waals surface area contributed by atoms with E-state index in [1.54, 1.807) is 18.2 Å². The summed E-state index contributed by atoms with van der Waals surface area (Å²) in [4.78, 5) is 24.3. The van der Waals surface area contributed by atoms with E-state index in [0.717, 1.165) is 5.57 Å². The first-order valence-corrected chi connectivity index (χ1v) is 7.79. The first kappa shape index (κ1) is 16.2. The van der Waals surface area contributed by atoms with Gasteiger partial charge in [0.15, 0.2) is 0 Å². The monoisotopic (exact) mass is 343 g/mol. The molecular formula is C17H17N3O3S. The molecule has 3 N–H and O–H groups in total. The molecule has 0 amide bonds. The Hall–Kier alpha value is -2.67. The van der Waals surface area contributed by atoms with Crippen molar-refractivity contribution in [3.63, 3.8) is 0 Å². The standard InChI is InChI=1S/C17H17N3O3S/c1-9-15(20-14(22)7-6-13(21)19-20)11-8-10(16(18)24)4-5-12(11)23-17(9,2)3/h4-8H,1-3H3,(H2,18,24)(H,19,21). The van der Waals surface area contributed by atoms with Crippen LogP contribution in [0.3, 0.4) is 0 Å². The largest absolute Gasteiger partial charge is 0.483 e.